The number of nitrogens with zero attached hydrogens (tertiary/aromatic N) is 3. The van der Waals surface area contributed by atoms with Crippen LogP contribution in [-0.2, 0) is 27.8 Å². The topological polar surface area (TPSA) is 112 Å². The van der Waals surface area contributed by atoms with Gasteiger partial charge in [0.2, 0.25) is 10.0 Å². The SMILES string of the molecule is O=C(NO)[C@H]1Cc2nccnc2CN1S(=O)(=O)c1ccc(-c2ccccc2)cc1. The lowest BCUT2D eigenvalue weighted by Crippen LogP contribution is -2.52. The highest BCUT2D eigenvalue weighted by Gasteiger charge is 2.40. The molecule has 8 nitrogen and oxygen atoms in total. The Labute approximate surface area is 167 Å². The summed E-state index contributed by atoms with van der Waals surface area (Å²) < 4.78 is 27.6. The van der Waals surface area contributed by atoms with Gasteiger partial charge in [0.05, 0.1) is 22.8 Å². The number of aromatic nitrogens is 2. The van der Waals surface area contributed by atoms with Crippen molar-refractivity contribution >= 4 is 15.9 Å². The van der Waals surface area contributed by atoms with Crippen LogP contribution in [0.25, 0.3) is 11.1 Å². The Morgan fingerprint density at radius 2 is 1.59 bits per heavy atom. The molecule has 3 aromatic rings. The van der Waals surface area contributed by atoms with Crippen molar-refractivity contribution in [1.82, 2.24) is 19.8 Å². The number of benzene rings is 2. The maximum Gasteiger partial charge on any atom is 0.262 e. The van der Waals surface area contributed by atoms with E-state index in [9.17, 15) is 13.2 Å². The molecule has 0 radical (unpaired) electrons. The van der Waals surface area contributed by atoms with Crippen LogP contribution in [0.15, 0.2) is 71.9 Å². The summed E-state index contributed by atoms with van der Waals surface area (Å²) in [5.74, 6) is -0.814. The number of fused-ring (bicyclic) bond motifs is 1. The molecule has 0 unspecified atom stereocenters. The highest BCUT2D eigenvalue weighted by molar-refractivity contribution is 7.89. The summed E-state index contributed by atoms with van der Waals surface area (Å²) in [7, 11) is -4.01. The summed E-state index contributed by atoms with van der Waals surface area (Å²) in [6.07, 6.45) is 2.99. The summed E-state index contributed by atoms with van der Waals surface area (Å²) in [6.45, 7) is -0.107. The highest BCUT2D eigenvalue weighted by atomic mass is 32.2. The van der Waals surface area contributed by atoms with Crippen LogP contribution in [-0.4, -0.2) is 39.8 Å². The molecule has 1 aromatic heterocycles. The van der Waals surface area contributed by atoms with E-state index in [1.54, 1.807) is 17.6 Å². The van der Waals surface area contributed by atoms with E-state index in [-0.39, 0.29) is 17.9 Å². The van der Waals surface area contributed by atoms with E-state index in [0.29, 0.717) is 11.4 Å². The second-order valence-electron chi connectivity index (χ2n) is 6.59. The summed E-state index contributed by atoms with van der Waals surface area (Å²) in [5.41, 5.74) is 4.42. The molecule has 0 spiro atoms. The van der Waals surface area contributed by atoms with Crippen molar-refractivity contribution < 1.29 is 18.4 Å². The van der Waals surface area contributed by atoms with Crippen molar-refractivity contribution in [1.29, 1.82) is 0 Å². The molecule has 0 aliphatic carbocycles. The number of carbonyl (C=O) groups excluding carboxylic acids is 1. The van der Waals surface area contributed by atoms with Gasteiger partial charge in [-0.2, -0.15) is 4.31 Å². The number of hydrogen-bond acceptors (Lipinski definition) is 6. The Hall–Kier alpha value is -3.14. The lowest BCUT2D eigenvalue weighted by molar-refractivity contribution is -0.133. The molecular weight excluding hydrogens is 392 g/mol. The predicted molar refractivity (Wildman–Crippen MR) is 104 cm³/mol. The summed E-state index contributed by atoms with van der Waals surface area (Å²) in [6, 6.07) is 14.9. The molecule has 2 aromatic carbocycles. The smallest absolute Gasteiger partial charge is 0.262 e. The molecule has 148 valence electrons. The minimum atomic E-state index is -4.01. The average molecular weight is 410 g/mol. The maximum atomic E-state index is 13.3. The summed E-state index contributed by atoms with van der Waals surface area (Å²) >= 11 is 0. The Morgan fingerprint density at radius 3 is 2.24 bits per heavy atom. The first-order chi connectivity index (χ1) is 14.0. The number of hydroxylamine groups is 1. The second kappa shape index (κ2) is 7.70. The first-order valence-electron chi connectivity index (χ1n) is 8.91. The van der Waals surface area contributed by atoms with Gasteiger partial charge in [-0.05, 0) is 23.3 Å². The molecule has 1 aliphatic heterocycles. The third kappa shape index (κ3) is 3.63. The normalized spacial score (nSPS) is 16.8. The van der Waals surface area contributed by atoms with Crippen LogP contribution in [0.3, 0.4) is 0 Å². The zero-order valence-electron chi connectivity index (χ0n) is 15.3. The number of hydrogen-bond donors (Lipinski definition) is 2. The Morgan fingerprint density at radius 1 is 0.966 bits per heavy atom. The Bertz CT molecular complexity index is 1130. The van der Waals surface area contributed by atoms with Gasteiger partial charge in [-0.3, -0.25) is 20.0 Å². The molecule has 2 N–H and O–H groups in total. The van der Waals surface area contributed by atoms with Crippen LogP contribution in [0.5, 0.6) is 0 Å². The van der Waals surface area contributed by atoms with Gasteiger partial charge in [0.25, 0.3) is 5.91 Å². The van der Waals surface area contributed by atoms with Crippen molar-refractivity contribution in [3.05, 3.63) is 78.4 Å². The minimum Gasteiger partial charge on any atom is -0.289 e. The number of amides is 1. The molecule has 2 heterocycles. The molecular formula is C20H18N4O4S. The van der Waals surface area contributed by atoms with Crippen molar-refractivity contribution in [3.8, 4) is 11.1 Å². The summed E-state index contributed by atoms with van der Waals surface area (Å²) in [5, 5.41) is 9.09. The van der Waals surface area contributed by atoms with Gasteiger partial charge in [0.1, 0.15) is 6.04 Å². The molecule has 0 bridgehead atoms. The third-order valence-electron chi connectivity index (χ3n) is 4.88. The van der Waals surface area contributed by atoms with Gasteiger partial charge in [-0.1, -0.05) is 42.5 Å². The minimum absolute atomic E-state index is 0.0247. The van der Waals surface area contributed by atoms with Crippen molar-refractivity contribution in [2.75, 3.05) is 0 Å². The highest BCUT2D eigenvalue weighted by Crippen LogP contribution is 2.29. The Balaban J connectivity index is 1.70. The zero-order valence-corrected chi connectivity index (χ0v) is 16.1. The second-order valence-corrected chi connectivity index (χ2v) is 8.48. The van der Waals surface area contributed by atoms with Crippen LogP contribution in [0.1, 0.15) is 11.4 Å². The van der Waals surface area contributed by atoms with E-state index < -0.39 is 22.0 Å². The molecule has 1 amide bonds. The molecule has 0 saturated heterocycles. The molecule has 1 aliphatic rings. The van der Waals surface area contributed by atoms with Crippen LogP contribution in [0.2, 0.25) is 0 Å². The lowest BCUT2D eigenvalue weighted by atomic mass is 10.0. The number of sulfonamides is 1. The van der Waals surface area contributed by atoms with Gasteiger partial charge in [-0.15, -0.1) is 0 Å². The van der Waals surface area contributed by atoms with Crippen molar-refractivity contribution in [3.63, 3.8) is 0 Å². The van der Waals surface area contributed by atoms with Crippen LogP contribution in [0.4, 0.5) is 0 Å². The molecule has 0 fully saturated rings. The van der Waals surface area contributed by atoms with Crippen molar-refractivity contribution in [2.24, 2.45) is 0 Å². The van der Waals surface area contributed by atoms with E-state index in [0.717, 1.165) is 15.4 Å². The molecule has 4 rings (SSSR count). The van der Waals surface area contributed by atoms with Crippen LogP contribution >= 0.6 is 0 Å². The monoisotopic (exact) mass is 410 g/mol. The quantitative estimate of drug-likeness (QED) is 0.501. The van der Waals surface area contributed by atoms with E-state index in [1.807, 2.05) is 30.3 Å². The fourth-order valence-electron chi connectivity index (χ4n) is 3.38. The standard InChI is InChI=1S/C20H18N4O4S/c25-20(23-26)19-12-17-18(22-11-10-21-17)13-24(19)29(27,28)16-8-6-15(7-9-16)14-4-2-1-3-5-14/h1-11,19,26H,12-13H2,(H,23,25)/t19-/m1/s1. The largest absolute Gasteiger partial charge is 0.289 e. The van der Waals surface area contributed by atoms with Crippen molar-refractivity contribution in [2.45, 2.75) is 23.9 Å². The molecule has 29 heavy (non-hydrogen) atoms. The van der Waals surface area contributed by atoms with Gasteiger partial charge in [-0.25, -0.2) is 13.9 Å². The predicted octanol–water partition coefficient (Wildman–Crippen LogP) is 1.76. The van der Waals surface area contributed by atoms with Crippen LogP contribution < -0.4 is 5.48 Å². The average Bonchev–Trinajstić information content (AvgIpc) is 2.78. The fourth-order valence-corrected chi connectivity index (χ4v) is 4.93. The van der Waals surface area contributed by atoms with Gasteiger partial charge < -0.3 is 0 Å². The van der Waals surface area contributed by atoms with E-state index in [2.05, 4.69) is 9.97 Å². The molecule has 0 saturated carbocycles. The summed E-state index contributed by atoms with van der Waals surface area (Å²) in [4.78, 5) is 20.6. The fraction of sp³-hybridized carbons (Fsp3) is 0.150. The number of rotatable bonds is 4. The van der Waals surface area contributed by atoms with E-state index in [1.165, 1.54) is 24.5 Å². The van der Waals surface area contributed by atoms with E-state index >= 15 is 0 Å². The van der Waals surface area contributed by atoms with Crippen LogP contribution in [0, 0.1) is 0 Å². The van der Waals surface area contributed by atoms with Gasteiger partial charge in [0.15, 0.2) is 0 Å². The number of nitrogens with one attached hydrogen (secondary N) is 1. The molecule has 9 heteroatoms. The van der Waals surface area contributed by atoms with Gasteiger partial charge in [0, 0.05) is 18.8 Å². The zero-order chi connectivity index (χ0) is 20.4. The molecule has 1 atom stereocenters. The van der Waals surface area contributed by atoms with Gasteiger partial charge >= 0.3 is 0 Å². The number of carbonyl (C=O) groups is 1. The lowest BCUT2D eigenvalue weighted by Gasteiger charge is -2.33. The van der Waals surface area contributed by atoms with E-state index in [4.69, 9.17) is 5.21 Å². The first-order valence-corrected chi connectivity index (χ1v) is 10.3. The maximum absolute atomic E-state index is 13.3. The first kappa shape index (κ1) is 19.2. The third-order valence-corrected chi connectivity index (χ3v) is 6.75. The Kier molecular flexibility index (Phi) is 5.10.